The Morgan fingerprint density at radius 3 is 2.31 bits per heavy atom. The number of halogens is 1. The van der Waals surface area contributed by atoms with Gasteiger partial charge >= 0.3 is 5.97 Å². The van der Waals surface area contributed by atoms with Crippen LogP contribution in [0.4, 0.5) is 10.1 Å². The first-order valence-corrected chi connectivity index (χ1v) is 9.37. The molecule has 0 heterocycles. The molecule has 0 saturated heterocycles. The molecule has 0 radical (unpaired) electrons. The van der Waals surface area contributed by atoms with Crippen molar-refractivity contribution in [1.82, 2.24) is 0 Å². The van der Waals surface area contributed by atoms with Crippen LogP contribution in [0.1, 0.15) is 44.2 Å². The van der Waals surface area contributed by atoms with Gasteiger partial charge in [-0.25, -0.2) is 4.39 Å². The number of ether oxygens (including phenoxy) is 1. The minimum atomic E-state index is -0.267. The van der Waals surface area contributed by atoms with E-state index in [-0.39, 0.29) is 24.8 Å². The molecule has 0 aliphatic heterocycles. The molecular weight excluding hydrogens is 329 g/mol. The number of hydrogen-bond acceptors (Lipinski definition) is 3. The highest BCUT2D eigenvalue weighted by atomic mass is 19.1. The number of aryl methyl sites for hydroxylation is 1. The van der Waals surface area contributed by atoms with Crippen LogP contribution in [-0.2, 0) is 22.6 Å². The molecule has 2 rings (SSSR count). The zero-order valence-electron chi connectivity index (χ0n) is 15.7. The molecule has 2 aromatic rings. The molecule has 0 amide bonds. The smallest absolute Gasteiger partial charge is 0.306 e. The number of carbonyl (C=O) groups excluding carboxylic acids is 1. The maximum Gasteiger partial charge on any atom is 0.306 e. The Labute approximate surface area is 155 Å². The van der Waals surface area contributed by atoms with Crippen LogP contribution >= 0.6 is 0 Å². The lowest BCUT2D eigenvalue weighted by molar-refractivity contribution is -0.144. The number of esters is 1. The summed E-state index contributed by atoms with van der Waals surface area (Å²) in [6.45, 7) is 6.15. The molecule has 0 saturated carbocycles. The number of nitrogens with zero attached hydrogens (tertiary/aromatic N) is 1. The van der Waals surface area contributed by atoms with Crippen molar-refractivity contribution in [1.29, 1.82) is 0 Å². The Bertz CT molecular complexity index is 682. The van der Waals surface area contributed by atoms with E-state index in [1.807, 2.05) is 42.5 Å². The Kier molecular flexibility index (Phi) is 8.13. The predicted molar refractivity (Wildman–Crippen MR) is 104 cm³/mol. The first-order chi connectivity index (χ1) is 12.6. The van der Waals surface area contributed by atoms with Gasteiger partial charge in [0.1, 0.15) is 12.4 Å². The number of rotatable bonds is 10. The summed E-state index contributed by atoms with van der Waals surface area (Å²) < 4.78 is 19.7. The summed E-state index contributed by atoms with van der Waals surface area (Å²) in [7, 11) is 0. The van der Waals surface area contributed by atoms with Gasteiger partial charge in [-0.1, -0.05) is 50.2 Å². The van der Waals surface area contributed by atoms with Crippen molar-refractivity contribution < 1.29 is 13.9 Å². The molecule has 2 aromatic carbocycles. The van der Waals surface area contributed by atoms with Crippen molar-refractivity contribution in [3.05, 3.63) is 65.5 Å². The lowest BCUT2D eigenvalue weighted by Crippen LogP contribution is -2.25. The maximum atomic E-state index is 14.5. The second-order valence-electron chi connectivity index (χ2n) is 6.42. The molecular formula is C22H28FNO2. The van der Waals surface area contributed by atoms with Crippen molar-refractivity contribution in [2.75, 3.05) is 18.0 Å². The summed E-state index contributed by atoms with van der Waals surface area (Å²) >= 11 is 0. The molecule has 26 heavy (non-hydrogen) atoms. The van der Waals surface area contributed by atoms with E-state index in [4.69, 9.17) is 4.74 Å². The Morgan fingerprint density at radius 2 is 1.69 bits per heavy atom. The van der Waals surface area contributed by atoms with Crippen LogP contribution < -0.4 is 4.90 Å². The van der Waals surface area contributed by atoms with Crippen LogP contribution in [-0.4, -0.2) is 19.1 Å². The number of carbonyl (C=O) groups is 1. The fourth-order valence-corrected chi connectivity index (χ4v) is 2.91. The van der Waals surface area contributed by atoms with E-state index >= 15 is 0 Å². The topological polar surface area (TPSA) is 29.5 Å². The van der Waals surface area contributed by atoms with Crippen molar-refractivity contribution >= 4 is 11.7 Å². The van der Waals surface area contributed by atoms with E-state index < -0.39 is 0 Å². The highest BCUT2D eigenvalue weighted by molar-refractivity contribution is 5.69. The molecule has 0 aliphatic carbocycles. The summed E-state index contributed by atoms with van der Waals surface area (Å²) in [6.07, 6.45) is 2.69. The third-order valence-corrected chi connectivity index (χ3v) is 4.20. The van der Waals surface area contributed by atoms with E-state index in [0.29, 0.717) is 12.1 Å². The highest BCUT2D eigenvalue weighted by Crippen LogP contribution is 2.22. The van der Waals surface area contributed by atoms with Crippen molar-refractivity contribution in [2.24, 2.45) is 0 Å². The van der Waals surface area contributed by atoms with E-state index in [0.717, 1.165) is 37.1 Å². The van der Waals surface area contributed by atoms with E-state index in [9.17, 15) is 9.18 Å². The molecule has 0 unspecified atom stereocenters. The molecule has 3 nitrogen and oxygen atoms in total. The van der Waals surface area contributed by atoms with Gasteiger partial charge in [-0.2, -0.15) is 0 Å². The molecule has 0 atom stereocenters. The van der Waals surface area contributed by atoms with Crippen LogP contribution in [0.5, 0.6) is 0 Å². The summed E-state index contributed by atoms with van der Waals surface area (Å²) in [4.78, 5) is 14.0. The van der Waals surface area contributed by atoms with Gasteiger partial charge in [-0.05, 0) is 42.5 Å². The largest absolute Gasteiger partial charge is 0.461 e. The summed E-state index contributed by atoms with van der Waals surface area (Å²) in [5.41, 5.74) is 2.42. The van der Waals surface area contributed by atoms with Gasteiger partial charge in [-0.15, -0.1) is 0 Å². The number of hydrogen-bond donors (Lipinski definition) is 0. The van der Waals surface area contributed by atoms with Crippen LogP contribution in [0.25, 0.3) is 0 Å². The number of benzene rings is 2. The van der Waals surface area contributed by atoms with E-state index in [1.54, 1.807) is 0 Å². The molecule has 4 heteroatoms. The average molecular weight is 357 g/mol. The van der Waals surface area contributed by atoms with E-state index in [1.165, 1.54) is 6.07 Å². The molecule has 0 aromatic heterocycles. The molecule has 140 valence electrons. The van der Waals surface area contributed by atoms with Crippen LogP contribution in [0.2, 0.25) is 0 Å². The van der Waals surface area contributed by atoms with Crippen molar-refractivity contribution in [3.8, 4) is 0 Å². The summed E-state index contributed by atoms with van der Waals surface area (Å²) in [5, 5.41) is 0. The highest BCUT2D eigenvalue weighted by Gasteiger charge is 2.12. The standard InChI is InChI=1S/C22H28FNO2/c1-3-14-24(15-4-2)21-12-10-18(16-20(21)23)11-13-22(25)26-17-19-8-6-5-7-9-19/h5-10,12,16H,3-4,11,13-15,17H2,1-2H3. The summed E-state index contributed by atoms with van der Waals surface area (Å²) in [5.74, 6) is -0.487. The number of anilines is 1. The second-order valence-corrected chi connectivity index (χ2v) is 6.42. The fourth-order valence-electron chi connectivity index (χ4n) is 2.91. The molecule has 0 aliphatic rings. The van der Waals surface area contributed by atoms with E-state index in [2.05, 4.69) is 18.7 Å². The normalized spacial score (nSPS) is 10.6. The van der Waals surface area contributed by atoms with Crippen LogP contribution in [0.3, 0.4) is 0 Å². The van der Waals surface area contributed by atoms with Gasteiger partial charge in [0.05, 0.1) is 5.69 Å². The zero-order chi connectivity index (χ0) is 18.8. The van der Waals surface area contributed by atoms with Gasteiger partial charge in [0.2, 0.25) is 0 Å². The average Bonchev–Trinajstić information content (AvgIpc) is 2.65. The minimum Gasteiger partial charge on any atom is -0.461 e. The third-order valence-electron chi connectivity index (χ3n) is 4.20. The maximum absolute atomic E-state index is 14.5. The van der Waals surface area contributed by atoms with Crippen molar-refractivity contribution in [3.63, 3.8) is 0 Å². The SMILES string of the molecule is CCCN(CCC)c1ccc(CCC(=O)OCc2ccccc2)cc1F. The molecule has 0 N–H and O–H groups in total. The minimum absolute atomic E-state index is 0.220. The fraction of sp³-hybridized carbons (Fsp3) is 0.409. The monoisotopic (exact) mass is 357 g/mol. The lowest BCUT2D eigenvalue weighted by atomic mass is 10.1. The van der Waals surface area contributed by atoms with Gasteiger partial charge in [0, 0.05) is 19.5 Å². The quantitative estimate of drug-likeness (QED) is 0.552. The predicted octanol–water partition coefficient (Wildman–Crippen LogP) is 5.13. The van der Waals surface area contributed by atoms with Crippen molar-refractivity contribution in [2.45, 2.75) is 46.1 Å². The first kappa shape index (κ1) is 20.0. The van der Waals surface area contributed by atoms with Gasteiger partial charge in [-0.3, -0.25) is 4.79 Å². The lowest BCUT2D eigenvalue weighted by Gasteiger charge is -2.24. The first-order valence-electron chi connectivity index (χ1n) is 9.37. The van der Waals surface area contributed by atoms with Gasteiger partial charge in [0.15, 0.2) is 0 Å². The molecule has 0 spiro atoms. The Balaban J connectivity index is 1.87. The van der Waals surface area contributed by atoms with Crippen LogP contribution in [0.15, 0.2) is 48.5 Å². The zero-order valence-corrected chi connectivity index (χ0v) is 15.7. The third kappa shape index (κ3) is 6.17. The van der Waals surface area contributed by atoms with Gasteiger partial charge in [0.25, 0.3) is 0 Å². The Hall–Kier alpha value is -2.36. The Morgan fingerprint density at radius 1 is 1.00 bits per heavy atom. The molecule has 0 bridgehead atoms. The molecule has 0 fully saturated rings. The van der Waals surface area contributed by atoms with Gasteiger partial charge < -0.3 is 9.64 Å². The second kappa shape index (κ2) is 10.6. The van der Waals surface area contributed by atoms with Crippen LogP contribution in [0, 0.1) is 5.82 Å². The summed E-state index contributed by atoms with van der Waals surface area (Å²) in [6, 6.07) is 14.8.